The Morgan fingerprint density at radius 2 is 1.93 bits per heavy atom. The van der Waals surface area contributed by atoms with Gasteiger partial charge in [-0.3, -0.25) is 4.79 Å². The zero-order chi connectivity index (χ0) is 11.1. The summed E-state index contributed by atoms with van der Waals surface area (Å²) < 4.78 is 0. The van der Waals surface area contributed by atoms with Gasteiger partial charge in [-0.05, 0) is 30.6 Å². The van der Waals surface area contributed by atoms with Crippen LogP contribution in [0.15, 0.2) is 36.4 Å². The Hall–Kier alpha value is -1.37. The van der Waals surface area contributed by atoms with E-state index in [4.69, 9.17) is 0 Å². The van der Waals surface area contributed by atoms with Gasteiger partial charge >= 0.3 is 0 Å². The van der Waals surface area contributed by atoms with Gasteiger partial charge < -0.3 is 0 Å². The van der Waals surface area contributed by atoms with E-state index < -0.39 is 0 Å². The maximum Gasteiger partial charge on any atom is 0.155 e. The maximum atomic E-state index is 11.5. The number of hydrogen-bond donors (Lipinski definition) is 0. The van der Waals surface area contributed by atoms with Crippen molar-refractivity contribution in [3.8, 4) is 0 Å². The molecule has 0 N–H and O–H groups in total. The molecule has 0 spiro atoms. The fourth-order valence-electron chi connectivity index (χ4n) is 1.45. The number of hydrogen-bond acceptors (Lipinski definition) is 1. The van der Waals surface area contributed by atoms with Gasteiger partial charge in [0.1, 0.15) is 0 Å². The van der Waals surface area contributed by atoms with Crippen LogP contribution in [0.5, 0.6) is 0 Å². The molecule has 15 heavy (non-hydrogen) atoms. The molecule has 1 rings (SSSR count). The van der Waals surface area contributed by atoms with Crippen molar-refractivity contribution < 1.29 is 4.79 Å². The Balaban J connectivity index is 2.64. The minimum atomic E-state index is 0.234. The van der Waals surface area contributed by atoms with E-state index in [-0.39, 0.29) is 5.78 Å². The van der Waals surface area contributed by atoms with Gasteiger partial charge in [-0.2, -0.15) is 0 Å². The summed E-state index contributed by atoms with van der Waals surface area (Å²) in [5.74, 6) is 0.234. The number of carbonyl (C=O) groups excluding carboxylic acids is 1. The van der Waals surface area contributed by atoms with Crippen molar-refractivity contribution in [2.24, 2.45) is 0 Å². The fraction of sp³-hybridized carbons (Fsp3) is 0.357. The second kappa shape index (κ2) is 6.18. The van der Waals surface area contributed by atoms with Crippen molar-refractivity contribution in [2.45, 2.75) is 33.1 Å². The van der Waals surface area contributed by atoms with Crippen LogP contribution in [0.2, 0.25) is 0 Å². The molecule has 0 aromatic heterocycles. The highest BCUT2D eigenvalue weighted by Gasteiger charge is 1.99. The van der Waals surface area contributed by atoms with Gasteiger partial charge in [0.25, 0.3) is 0 Å². The number of ketones is 1. The van der Waals surface area contributed by atoms with Crippen molar-refractivity contribution in [1.29, 1.82) is 0 Å². The molecule has 0 heterocycles. The molecule has 0 unspecified atom stereocenters. The van der Waals surface area contributed by atoms with Crippen LogP contribution in [0.3, 0.4) is 0 Å². The highest BCUT2D eigenvalue weighted by Crippen LogP contribution is 2.13. The highest BCUT2D eigenvalue weighted by molar-refractivity contribution is 5.96. The quantitative estimate of drug-likeness (QED) is 0.663. The second-order valence-electron chi connectivity index (χ2n) is 3.76. The van der Waals surface area contributed by atoms with Crippen LogP contribution in [0.25, 0.3) is 5.57 Å². The lowest BCUT2D eigenvalue weighted by Gasteiger charge is -2.00. The average molecular weight is 202 g/mol. The molecule has 0 fully saturated rings. The number of rotatable bonds is 5. The minimum Gasteiger partial charge on any atom is -0.295 e. The first-order chi connectivity index (χ1) is 7.24. The lowest BCUT2D eigenvalue weighted by molar-refractivity contribution is -0.114. The van der Waals surface area contributed by atoms with Crippen molar-refractivity contribution in [2.75, 3.05) is 0 Å². The number of allylic oxidation sites excluding steroid dienone is 2. The molecule has 0 aliphatic heterocycles. The third-order valence-electron chi connectivity index (χ3n) is 2.38. The predicted octanol–water partition coefficient (Wildman–Crippen LogP) is 3.85. The van der Waals surface area contributed by atoms with Crippen LogP contribution in [-0.4, -0.2) is 5.78 Å². The van der Waals surface area contributed by atoms with Crippen molar-refractivity contribution >= 4 is 11.4 Å². The standard InChI is InChI=1S/C14H18O/c1-3-4-10-14(15)11-12(2)13-8-6-5-7-9-13/h5-9,11H,3-4,10H2,1-2H3/b12-11+. The molecule has 1 nitrogen and oxygen atoms in total. The highest BCUT2D eigenvalue weighted by atomic mass is 16.1. The summed E-state index contributed by atoms with van der Waals surface area (Å²) >= 11 is 0. The second-order valence-corrected chi connectivity index (χ2v) is 3.76. The molecular formula is C14H18O. The fourth-order valence-corrected chi connectivity index (χ4v) is 1.45. The van der Waals surface area contributed by atoms with Crippen LogP contribution >= 0.6 is 0 Å². The lowest BCUT2D eigenvalue weighted by Crippen LogP contribution is -1.93. The zero-order valence-corrected chi connectivity index (χ0v) is 9.49. The average Bonchev–Trinajstić information content (AvgIpc) is 2.27. The monoisotopic (exact) mass is 202 g/mol. The van der Waals surface area contributed by atoms with E-state index in [1.54, 1.807) is 6.08 Å². The van der Waals surface area contributed by atoms with Crippen molar-refractivity contribution in [3.63, 3.8) is 0 Å². The first kappa shape index (κ1) is 11.7. The molecule has 0 aliphatic carbocycles. The van der Waals surface area contributed by atoms with E-state index in [9.17, 15) is 4.79 Å². The van der Waals surface area contributed by atoms with E-state index in [0.29, 0.717) is 6.42 Å². The Labute approximate surface area is 91.8 Å². The van der Waals surface area contributed by atoms with E-state index in [0.717, 1.165) is 24.0 Å². The SMILES string of the molecule is CCCCC(=O)/C=C(\C)c1ccccc1. The van der Waals surface area contributed by atoms with Crippen molar-refractivity contribution in [3.05, 3.63) is 42.0 Å². The van der Waals surface area contributed by atoms with E-state index >= 15 is 0 Å². The van der Waals surface area contributed by atoms with Gasteiger partial charge in [-0.1, -0.05) is 43.7 Å². The summed E-state index contributed by atoms with van der Waals surface area (Å²) in [7, 11) is 0. The molecule has 0 aliphatic rings. The van der Waals surface area contributed by atoms with Crippen LogP contribution < -0.4 is 0 Å². The molecule has 1 aromatic carbocycles. The summed E-state index contributed by atoms with van der Waals surface area (Å²) in [6, 6.07) is 10.0. The van der Waals surface area contributed by atoms with Gasteiger partial charge in [0.15, 0.2) is 5.78 Å². The maximum absolute atomic E-state index is 11.5. The molecular weight excluding hydrogens is 184 g/mol. The lowest BCUT2D eigenvalue weighted by atomic mass is 10.0. The molecule has 1 heteroatoms. The molecule has 0 saturated carbocycles. The summed E-state index contributed by atoms with van der Waals surface area (Å²) in [6.07, 6.45) is 4.48. The van der Waals surface area contributed by atoms with Crippen LogP contribution in [0, 0.1) is 0 Å². The van der Waals surface area contributed by atoms with Gasteiger partial charge in [0.05, 0.1) is 0 Å². The zero-order valence-electron chi connectivity index (χ0n) is 9.49. The van der Waals surface area contributed by atoms with E-state index in [1.807, 2.05) is 37.3 Å². The van der Waals surface area contributed by atoms with Crippen molar-refractivity contribution in [1.82, 2.24) is 0 Å². The van der Waals surface area contributed by atoms with Gasteiger partial charge in [-0.15, -0.1) is 0 Å². The summed E-state index contributed by atoms with van der Waals surface area (Å²) in [5, 5.41) is 0. The smallest absolute Gasteiger partial charge is 0.155 e. The molecule has 0 radical (unpaired) electrons. The normalized spacial score (nSPS) is 11.5. The number of carbonyl (C=O) groups is 1. The third kappa shape index (κ3) is 4.11. The predicted molar refractivity (Wildman–Crippen MR) is 64.6 cm³/mol. The first-order valence-corrected chi connectivity index (χ1v) is 5.50. The van der Waals surface area contributed by atoms with Crippen LogP contribution in [-0.2, 0) is 4.79 Å². The Kier molecular flexibility index (Phi) is 4.82. The topological polar surface area (TPSA) is 17.1 Å². The molecule has 0 atom stereocenters. The largest absolute Gasteiger partial charge is 0.295 e. The van der Waals surface area contributed by atoms with E-state index in [2.05, 4.69) is 6.92 Å². The molecule has 80 valence electrons. The molecule has 0 bridgehead atoms. The molecule has 0 saturated heterocycles. The number of benzene rings is 1. The summed E-state index contributed by atoms with van der Waals surface area (Å²) in [5.41, 5.74) is 2.18. The van der Waals surface area contributed by atoms with Gasteiger partial charge in [-0.25, -0.2) is 0 Å². The summed E-state index contributed by atoms with van der Waals surface area (Å²) in [4.78, 5) is 11.5. The number of unbranched alkanes of at least 4 members (excludes halogenated alkanes) is 1. The first-order valence-electron chi connectivity index (χ1n) is 5.50. The summed E-state index contributed by atoms with van der Waals surface area (Å²) in [6.45, 7) is 4.08. The Morgan fingerprint density at radius 1 is 1.27 bits per heavy atom. The molecule has 1 aromatic rings. The van der Waals surface area contributed by atoms with E-state index in [1.165, 1.54) is 0 Å². The van der Waals surface area contributed by atoms with Crippen LogP contribution in [0.1, 0.15) is 38.7 Å². The van der Waals surface area contributed by atoms with Gasteiger partial charge in [0, 0.05) is 6.42 Å². The minimum absolute atomic E-state index is 0.234. The third-order valence-corrected chi connectivity index (χ3v) is 2.38. The molecule has 0 amide bonds. The Morgan fingerprint density at radius 3 is 2.53 bits per heavy atom. The Bertz CT molecular complexity index is 336. The van der Waals surface area contributed by atoms with Crippen LogP contribution in [0.4, 0.5) is 0 Å². The van der Waals surface area contributed by atoms with Gasteiger partial charge in [0.2, 0.25) is 0 Å².